The summed E-state index contributed by atoms with van der Waals surface area (Å²) in [7, 11) is 0. The number of carbonyl (C=O) groups is 2. The molecule has 0 aromatic heterocycles. The second-order valence-electron chi connectivity index (χ2n) is 2.74. The van der Waals surface area contributed by atoms with E-state index in [1.807, 2.05) is 13.0 Å². The van der Waals surface area contributed by atoms with Crippen LogP contribution in [0.3, 0.4) is 0 Å². The standard InChI is InChI=1S/C9H8BrNO3/c1-5-2-3-6(10)7(4-5)11-8(12)9(13)14/h2-4H,1H3,(H,11,12)(H,13,14). The van der Waals surface area contributed by atoms with Gasteiger partial charge in [0.2, 0.25) is 0 Å². The van der Waals surface area contributed by atoms with Crippen LogP contribution in [0.4, 0.5) is 5.69 Å². The van der Waals surface area contributed by atoms with Gasteiger partial charge >= 0.3 is 11.9 Å². The Labute approximate surface area is 89.1 Å². The number of halogens is 1. The SMILES string of the molecule is Cc1ccc(Br)c(NC(=O)C(=O)O)c1. The van der Waals surface area contributed by atoms with Gasteiger partial charge in [0.05, 0.1) is 5.69 Å². The van der Waals surface area contributed by atoms with E-state index < -0.39 is 11.9 Å². The number of aryl methyl sites for hydroxylation is 1. The highest BCUT2D eigenvalue weighted by atomic mass is 79.9. The van der Waals surface area contributed by atoms with Gasteiger partial charge in [-0.15, -0.1) is 0 Å². The molecule has 0 unspecified atom stereocenters. The summed E-state index contributed by atoms with van der Waals surface area (Å²) in [6, 6.07) is 5.28. The van der Waals surface area contributed by atoms with Crippen molar-refractivity contribution < 1.29 is 14.7 Å². The molecule has 74 valence electrons. The van der Waals surface area contributed by atoms with Gasteiger partial charge in [-0.1, -0.05) is 6.07 Å². The molecule has 14 heavy (non-hydrogen) atoms. The Bertz CT molecular complexity index is 390. The van der Waals surface area contributed by atoms with Crippen molar-refractivity contribution in [3.8, 4) is 0 Å². The van der Waals surface area contributed by atoms with E-state index in [1.54, 1.807) is 12.1 Å². The smallest absolute Gasteiger partial charge is 0.394 e. The predicted molar refractivity (Wildman–Crippen MR) is 55.1 cm³/mol. The first kappa shape index (κ1) is 10.7. The number of nitrogens with one attached hydrogen (secondary N) is 1. The molecule has 0 fully saturated rings. The van der Waals surface area contributed by atoms with Gasteiger partial charge in [-0.25, -0.2) is 4.79 Å². The van der Waals surface area contributed by atoms with E-state index in [0.29, 0.717) is 10.2 Å². The molecule has 0 radical (unpaired) electrons. The summed E-state index contributed by atoms with van der Waals surface area (Å²) in [6.45, 7) is 1.85. The van der Waals surface area contributed by atoms with Crippen LogP contribution in [0.2, 0.25) is 0 Å². The molecular formula is C9H8BrNO3. The maximum atomic E-state index is 10.8. The summed E-state index contributed by atoms with van der Waals surface area (Å²) in [5.74, 6) is -2.55. The monoisotopic (exact) mass is 257 g/mol. The largest absolute Gasteiger partial charge is 0.474 e. The Morgan fingerprint density at radius 3 is 2.64 bits per heavy atom. The minimum absolute atomic E-state index is 0.456. The minimum Gasteiger partial charge on any atom is -0.474 e. The Kier molecular flexibility index (Phi) is 3.24. The summed E-state index contributed by atoms with van der Waals surface area (Å²) in [5.41, 5.74) is 1.39. The molecule has 0 aliphatic carbocycles. The fourth-order valence-corrected chi connectivity index (χ4v) is 1.26. The van der Waals surface area contributed by atoms with E-state index in [2.05, 4.69) is 21.2 Å². The molecule has 1 aromatic carbocycles. The van der Waals surface area contributed by atoms with Gasteiger partial charge in [0.25, 0.3) is 0 Å². The van der Waals surface area contributed by atoms with Crippen LogP contribution >= 0.6 is 15.9 Å². The third kappa shape index (κ3) is 2.56. The topological polar surface area (TPSA) is 66.4 Å². The van der Waals surface area contributed by atoms with Gasteiger partial charge in [-0.3, -0.25) is 4.79 Å². The molecule has 0 spiro atoms. The van der Waals surface area contributed by atoms with E-state index in [4.69, 9.17) is 5.11 Å². The number of anilines is 1. The molecular weight excluding hydrogens is 250 g/mol. The quantitative estimate of drug-likeness (QED) is 0.754. The predicted octanol–water partition coefficient (Wildman–Crippen LogP) is 1.78. The van der Waals surface area contributed by atoms with Crippen LogP contribution in [-0.2, 0) is 9.59 Å². The normalized spacial score (nSPS) is 9.57. The molecule has 5 heteroatoms. The molecule has 0 aliphatic heterocycles. The third-order valence-corrected chi connectivity index (χ3v) is 2.26. The summed E-state index contributed by atoms with van der Waals surface area (Å²) in [6.07, 6.45) is 0. The number of rotatable bonds is 1. The molecule has 1 rings (SSSR count). The minimum atomic E-state index is -1.50. The number of amides is 1. The van der Waals surface area contributed by atoms with Crippen molar-refractivity contribution in [2.24, 2.45) is 0 Å². The highest BCUT2D eigenvalue weighted by Crippen LogP contribution is 2.23. The number of hydrogen-bond donors (Lipinski definition) is 2. The average molecular weight is 258 g/mol. The number of carbonyl (C=O) groups excluding carboxylic acids is 1. The number of benzene rings is 1. The van der Waals surface area contributed by atoms with Gasteiger partial charge in [-0.2, -0.15) is 0 Å². The van der Waals surface area contributed by atoms with Crippen LogP contribution in [0.25, 0.3) is 0 Å². The van der Waals surface area contributed by atoms with Crippen molar-refractivity contribution in [3.05, 3.63) is 28.2 Å². The number of carboxylic acids is 1. The van der Waals surface area contributed by atoms with Crippen LogP contribution in [0.1, 0.15) is 5.56 Å². The highest BCUT2D eigenvalue weighted by Gasteiger charge is 2.12. The second-order valence-corrected chi connectivity index (χ2v) is 3.60. The first-order chi connectivity index (χ1) is 6.50. The maximum Gasteiger partial charge on any atom is 0.394 e. The van der Waals surface area contributed by atoms with Crippen molar-refractivity contribution in [1.29, 1.82) is 0 Å². The average Bonchev–Trinajstić information content (AvgIpc) is 2.11. The first-order valence-electron chi connectivity index (χ1n) is 3.81. The lowest BCUT2D eigenvalue weighted by Crippen LogP contribution is -2.22. The zero-order valence-electron chi connectivity index (χ0n) is 7.37. The molecule has 0 heterocycles. The molecule has 0 atom stereocenters. The molecule has 0 aliphatic rings. The van der Waals surface area contributed by atoms with Crippen molar-refractivity contribution in [2.45, 2.75) is 6.92 Å². The lowest BCUT2D eigenvalue weighted by molar-refractivity contribution is -0.147. The first-order valence-corrected chi connectivity index (χ1v) is 4.60. The zero-order chi connectivity index (χ0) is 10.7. The van der Waals surface area contributed by atoms with Gasteiger partial charge in [0.1, 0.15) is 0 Å². The van der Waals surface area contributed by atoms with E-state index >= 15 is 0 Å². The van der Waals surface area contributed by atoms with Crippen molar-refractivity contribution >= 4 is 33.5 Å². The lowest BCUT2D eigenvalue weighted by Gasteiger charge is -2.05. The lowest BCUT2D eigenvalue weighted by atomic mass is 10.2. The van der Waals surface area contributed by atoms with Gasteiger partial charge in [0, 0.05) is 4.47 Å². The Morgan fingerprint density at radius 1 is 1.43 bits per heavy atom. The van der Waals surface area contributed by atoms with Crippen molar-refractivity contribution in [2.75, 3.05) is 5.32 Å². The number of carboxylic acid groups (broad SMARTS) is 1. The van der Waals surface area contributed by atoms with Crippen molar-refractivity contribution in [1.82, 2.24) is 0 Å². The Hall–Kier alpha value is -1.36. The molecule has 1 aromatic rings. The summed E-state index contributed by atoms with van der Waals surface area (Å²) in [5, 5.41) is 10.6. The summed E-state index contributed by atoms with van der Waals surface area (Å²) < 4.78 is 0.651. The molecule has 4 nitrogen and oxygen atoms in total. The Morgan fingerprint density at radius 2 is 2.07 bits per heavy atom. The van der Waals surface area contributed by atoms with Crippen LogP contribution in [0, 0.1) is 6.92 Å². The zero-order valence-corrected chi connectivity index (χ0v) is 8.96. The van der Waals surface area contributed by atoms with E-state index in [-0.39, 0.29) is 0 Å². The summed E-state index contributed by atoms with van der Waals surface area (Å²) >= 11 is 3.20. The van der Waals surface area contributed by atoms with E-state index in [9.17, 15) is 9.59 Å². The molecule has 1 amide bonds. The van der Waals surface area contributed by atoms with E-state index in [1.165, 1.54) is 0 Å². The van der Waals surface area contributed by atoms with Crippen LogP contribution in [-0.4, -0.2) is 17.0 Å². The van der Waals surface area contributed by atoms with Gasteiger partial charge < -0.3 is 10.4 Å². The molecule has 0 saturated heterocycles. The van der Waals surface area contributed by atoms with Gasteiger partial charge in [-0.05, 0) is 40.5 Å². The fourth-order valence-electron chi connectivity index (χ4n) is 0.911. The Balaban J connectivity index is 2.91. The van der Waals surface area contributed by atoms with Crippen LogP contribution in [0.15, 0.2) is 22.7 Å². The number of aliphatic carboxylic acids is 1. The maximum absolute atomic E-state index is 10.8. The fraction of sp³-hybridized carbons (Fsp3) is 0.111. The van der Waals surface area contributed by atoms with Crippen LogP contribution < -0.4 is 5.32 Å². The van der Waals surface area contributed by atoms with E-state index in [0.717, 1.165) is 5.56 Å². The van der Waals surface area contributed by atoms with Gasteiger partial charge in [0.15, 0.2) is 0 Å². The highest BCUT2D eigenvalue weighted by molar-refractivity contribution is 9.10. The molecule has 0 saturated carbocycles. The number of hydrogen-bond acceptors (Lipinski definition) is 2. The molecule has 2 N–H and O–H groups in total. The molecule has 0 bridgehead atoms. The van der Waals surface area contributed by atoms with Crippen LogP contribution in [0.5, 0.6) is 0 Å². The third-order valence-electron chi connectivity index (χ3n) is 1.56. The summed E-state index contributed by atoms with van der Waals surface area (Å²) in [4.78, 5) is 21.1. The van der Waals surface area contributed by atoms with Crippen molar-refractivity contribution in [3.63, 3.8) is 0 Å². The second kappa shape index (κ2) is 4.23.